The second-order valence-electron chi connectivity index (χ2n) is 5.43. The van der Waals surface area contributed by atoms with E-state index < -0.39 is 0 Å². The molecule has 24 heavy (non-hydrogen) atoms. The molecule has 0 radical (unpaired) electrons. The number of hydrogen-bond donors (Lipinski definition) is 2. The van der Waals surface area contributed by atoms with E-state index in [9.17, 15) is 4.79 Å². The topological polar surface area (TPSA) is 54.0 Å². The largest absolute Gasteiger partial charge is 0.355 e. The van der Waals surface area contributed by atoms with Gasteiger partial charge in [-0.05, 0) is 23.6 Å². The number of fused-ring (bicyclic) bond motifs is 3. The monoisotopic (exact) mass is 333 g/mol. The van der Waals surface area contributed by atoms with Crippen molar-refractivity contribution in [2.24, 2.45) is 0 Å². The predicted octanol–water partition coefficient (Wildman–Crippen LogP) is 4.55. The Bertz CT molecular complexity index is 1040. The van der Waals surface area contributed by atoms with Crippen LogP contribution in [0.1, 0.15) is 10.4 Å². The Morgan fingerprint density at radius 1 is 0.958 bits per heavy atom. The number of benzene rings is 2. The molecule has 2 aromatic heterocycles. The van der Waals surface area contributed by atoms with E-state index in [0.717, 1.165) is 27.7 Å². The average molecular weight is 333 g/mol. The van der Waals surface area contributed by atoms with E-state index in [-0.39, 0.29) is 5.91 Å². The van der Waals surface area contributed by atoms with E-state index in [0.29, 0.717) is 11.1 Å². The van der Waals surface area contributed by atoms with Gasteiger partial charge < -0.3 is 10.6 Å². The summed E-state index contributed by atoms with van der Waals surface area (Å²) in [6, 6.07) is 15.6. The van der Waals surface area contributed by atoms with Gasteiger partial charge in [-0.3, -0.25) is 4.79 Å². The first kappa shape index (κ1) is 14.7. The lowest BCUT2D eigenvalue weighted by Crippen LogP contribution is -2.18. The Morgan fingerprint density at radius 3 is 2.54 bits per heavy atom. The summed E-state index contributed by atoms with van der Waals surface area (Å²) in [6.07, 6.45) is 0. The second kappa shape index (κ2) is 5.94. The minimum absolute atomic E-state index is 0.131. The van der Waals surface area contributed by atoms with Crippen molar-refractivity contribution < 1.29 is 4.79 Å². The number of pyridine rings is 1. The van der Waals surface area contributed by atoms with Crippen LogP contribution in [0.3, 0.4) is 0 Å². The van der Waals surface area contributed by atoms with Crippen LogP contribution in [0.5, 0.6) is 0 Å². The van der Waals surface area contributed by atoms with Gasteiger partial charge in [0.15, 0.2) is 0 Å². The summed E-state index contributed by atoms with van der Waals surface area (Å²) in [4.78, 5) is 17.0. The Kier molecular flexibility index (Phi) is 3.63. The fourth-order valence-electron chi connectivity index (χ4n) is 2.81. The van der Waals surface area contributed by atoms with Gasteiger partial charge in [-0.2, -0.15) is 11.3 Å². The highest BCUT2D eigenvalue weighted by molar-refractivity contribution is 7.09. The Hall–Kier alpha value is -2.92. The first-order chi connectivity index (χ1) is 11.8. The molecule has 4 nitrogen and oxygen atoms in total. The van der Waals surface area contributed by atoms with Crippen molar-refractivity contribution >= 4 is 50.4 Å². The molecule has 0 atom stereocenters. The summed E-state index contributed by atoms with van der Waals surface area (Å²) in [5.74, 6) is 0.634. The number of aromatic nitrogens is 1. The van der Waals surface area contributed by atoms with Crippen LogP contribution >= 0.6 is 11.3 Å². The Labute approximate surface area is 143 Å². The van der Waals surface area contributed by atoms with Crippen molar-refractivity contribution in [3.63, 3.8) is 0 Å². The number of carbonyl (C=O) groups is 1. The minimum atomic E-state index is -0.131. The van der Waals surface area contributed by atoms with Gasteiger partial charge in [0.05, 0.1) is 11.1 Å². The van der Waals surface area contributed by atoms with Crippen molar-refractivity contribution in [3.05, 3.63) is 64.9 Å². The van der Waals surface area contributed by atoms with Crippen LogP contribution in [0.4, 0.5) is 11.5 Å². The molecule has 118 valence electrons. The van der Waals surface area contributed by atoms with Crippen LogP contribution < -0.4 is 10.6 Å². The highest BCUT2D eigenvalue weighted by Gasteiger charge is 2.15. The average Bonchev–Trinajstić information content (AvgIpc) is 3.12. The molecular weight excluding hydrogens is 318 g/mol. The number of rotatable bonds is 3. The van der Waals surface area contributed by atoms with Gasteiger partial charge >= 0.3 is 0 Å². The quantitative estimate of drug-likeness (QED) is 0.578. The fraction of sp³-hybridized carbons (Fsp3) is 0.0526. The van der Waals surface area contributed by atoms with Crippen LogP contribution in [0, 0.1) is 0 Å². The minimum Gasteiger partial charge on any atom is -0.355 e. The van der Waals surface area contributed by atoms with E-state index in [4.69, 9.17) is 4.98 Å². The highest BCUT2D eigenvalue weighted by Crippen LogP contribution is 2.34. The van der Waals surface area contributed by atoms with Crippen molar-refractivity contribution in [1.82, 2.24) is 10.3 Å². The van der Waals surface area contributed by atoms with Gasteiger partial charge in [-0.1, -0.05) is 30.3 Å². The predicted molar refractivity (Wildman–Crippen MR) is 100 cm³/mol. The number of nitrogens with zero attached hydrogens (tertiary/aromatic N) is 1. The van der Waals surface area contributed by atoms with Crippen LogP contribution in [-0.4, -0.2) is 17.9 Å². The Balaban J connectivity index is 1.98. The molecule has 2 heterocycles. The molecule has 4 rings (SSSR count). The van der Waals surface area contributed by atoms with Crippen LogP contribution in [0.2, 0.25) is 0 Å². The lowest BCUT2D eigenvalue weighted by atomic mass is 10.1. The molecule has 4 aromatic rings. The van der Waals surface area contributed by atoms with Gasteiger partial charge in [0.1, 0.15) is 5.82 Å². The van der Waals surface area contributed by atoms with Gasteiger partial charge in [0, 0.05) is 34.3 Å². The van der Waals surface area contributed by atoms with E-state index in [1.165, 1.54) is 0 Å². The highest BCUT2D eigenvalue weighted by atomic mass is 32.1. The molecular formula is C19H15N3OS. The zero-order valence-electron chi connectivity index (χ0n) is 13.0. The van der Waals surface area contributed by atoms with Crippen molar-refractivity contribution in [3.8, 4) is 0 Å². The maximum absolute atomic E-state index is 12.2. The summed E-state index contributed by atoms with van der Waals surface area (Å²) in [6.45, 7) is 0. The van der Waals surface area contributed by atoms with Crippen LogP contribution in [0.15, 0.2) is 59.3 Å². The summed E-state index contributed by atoms with van der Waals surface area (Å²) < 4.78 is 0. The molecule has 0 bridgehead atoms. The van der Waals surface area contributed by atoms with E-state index in [1.807, 2.05) is 42.5 Å². The molecule has 0 spiro atoms. The third-order valence-electron chi connectivity index (χ3n) is 3.98. The van der Waals surface area contributed by atoms with Crippen molar-refractivity contribution in [1.29, 1.82) is 0 Å². The van der Waals surface area contributed by atoms with Crippen LogP contribution in [0.25, 0.3) is 21.7 Å². The number of para-hydroxylation sites is 2. The third kappa shape index (κ3) is 2.39. The number of amides is 1. The summed E-state index contributed by atoms with van der Waals surface area (Å²) in [5.41, 5.74) is 2.26. The molecule has 2 N–H and O–H groups in total. The molecule has 0 unspecified atom stereocenters. The van der Waals surface area contributed by atoms with E-state index in [2.05, 4.69) is 21.4 Å². The standard InChI is InChI=1S/C19H15N3OS/c1-20-19(23)14-9-5-8-13-15-10-24-11-16(15)18(22-17(13)14)21-12-6-3-2-4-7-12/h2-11H,1H3,(H,20,23)(H,21,22). The summed E-state index contributed by atoms with van der Waals surface area (Å²) in [5, 5.41) is 13.4. The van der Waals surface area contributed by atoms with Gasteiger partial charge in [-0.25, -0.2) is 4.98 Å². The van der Waals surface area contributed by atoms with Gasteiger partial charge in [-0.15, -0.1) is 0 Å². The number of nitrogens with one attached hydrogen (secondary N) is 2. The van der Waals surface area contributed by atoms with Crippen LogP contribution in [-0.2, 0) is 0 Å². The zero-order chi connectivity index (χ0) is 16.5. The van der Waals surface area contributed by atoms with E-state index in [1.54, 1.807) is 24.5 Å². The third-order valence-corrected chi connectivity index (χ3v) is 4.72. The Morgan fingerprint density at radius 2 is 1.75 bits per heavy atom. The van der Waals surface area contributed by atoms with Gasteiger partial charge in [0.2, 0.25) is 0 Å². The number of anilines is 2. The second-order valence-corrected chi connectivity index (χ2v) is 6.18. The molecule has 0 saturated heterocycles. The number of thiophene rings is 1. The molecule has 0 aliphatic rings. The van der Waals surface area contributed by atoms with E-state index >= 15 is 0 Å². The maximum atomic E-state index is 12.2. The molecule has 2 aromatic carbocycles. The number of hydrogen-bond acceptors (Lipinski definition) is 4. The number of carbonyl (C=O) groups excluding carboxylic acids is 1. The lowest BCUT2D eigenvalue weighted by molar-refractivity contribution is 0.0964. The maximum Gasteiger partial charge on any atom is 0.253 e. The molecule has 0 aliphatic heterocycles. The first-order valence-electron chi connectivity index (χ1n) is 7.60. The summed E-state index contributed by atoms with van der Waals surface area (Å²) >= 11 is 1.63. The van der Waals surface area contributed by atoms with Gasteiger partial charge in [0.25, 0.3) is 5.91 Å². The zero-order valence-corrected chi connectivity index (χ0v) is 13.9. The first-order valence-corrected chi connectivity index (χ1v) is 8.55. The fourth-order valence-corrected chi connectivity index (χ4v) is 3.65. The molecule has 0 fully saturated rings. The van der Waals surface area contributed by atoms with Crippen molar-refractivity contribution in [2.45, 2.75) is 0 Å². The molecule has 1 amide bonds. The SMILES string of the molecule is CNC(=O)c1cccc2c1nc(Nc1ccccc1)c1cscc12. The van der Waals surface area contributed by atoms with Crippen molar-refractivity contribution in [2.75, 3.05) is 12.4 Å². The lowest BCUT2D eigenvalue weighted by Gasteiger charge is -2.11. The normalized spacial score (nSPS) is 10.9. The smallest absolute Gasteiger partial charge is 0.253 e. The molecule has 0 aliphatic carbocycles. The molecule has 5 heteroatoms. The molecule has 0 saturated carbocycles. The summed E-state index contributed by atoms with van der Waals surface area (Å²) in [7, 11) is 1.63.